The number of fused-ring (bicyclic) bond motifs is 3. The molecule has 0 saturated heterocycles. The van der Waals surface area contributed by atoms with E-state index in [-0.39, 0.29) is 16.4 Å². The molecule has 0 aromatic heterocycles. The van der Waals surface area contributed by atoms with Gasteiger partial charge >= 0.3 is 0 Å². The van der Waals surface area contributed by atoms with Gasteiger partial charge in [0.1, 0.15) is 17.1 Å². The molecule has 0 fully saturated rings. The number of hydrogen-bond acceptors (Lipinski definition) is 2. The first kappa shape index (κ1) is 19.3. The van der Waals surface area contributed by atoms with E-state index in [1.54, 1.807) is 0 Å². The van der Waals surface area contributed by atoms with Crippen molar-refractivity contribution >= 4 is 0 Å². The van der Waals surface area contributed by atoms with Crippen LogP contribution in [0.5, 0.6) is 11.5 Å². The summed E-state index contributed by atoms with van der Waals surface area (Å²) in [5, 5.41) is 11.2. The van der Waals surface area contributed by atoms with E-state index in [0.29, 0.717) is 5.75 Å². The lowest BCUT2D eigenvalue weighted by Gasteiger charge is -2.60. The van der Waals surface area contributed by atoms with Crippen LogP contribution in [-0.2, 0) is 11.8 Å². The molecule has 1 N–H and O–H groups in total. The van der Waals surface area contributed by atoms with Crippen molar-refractivity contribution in [3.8, 4) is 11.5 Å². The lowest BCUT2D eigenvalue weighted by molar-refractivity contribution is -0.0868. The first-order chi connectivity index (χ1) is 12.1. The number of benzene rings is 1. The predicted octanol–water partition coefficient (Wildman–Crippen LogP) is 6.61. The zero-order valence-corrected chi connectivity index (χ0v) is 17.8. The Morgan fingerprint density at radius 3 is 2.46 bits per heavy atom. The Morgan fingerprint density at radius 2 is 1.81 bits per heavy atom. The van der Waals surface area contributed by atoms with E-state index in [1.165, 1.54) is 24.0 Å². The van der Waals surface area contributed by atoms with Gasteiger partial charge in [0.15, 0.2) is 0 Å². The normalized spacial score (nSPS) is 29.4. The van der Waals surface area contributed by atoms with Gasteiger partial charge in [0.2, 0.25) is 0 Å². The number of aryl methyl sites for hydroxylation is 1. The molecule has 0 bridgehead atoms. The lowest BCUT2D eigenvalue weighted by atomic mass is 9.49. The molecule has 1 aromatic carbocycles. The zero-order chi connectivity index (χ0) is 19.3. The van der Waals surface area contributed by atoms with Gasteiger partial charge < -0.3 is 9.84 Å². The summed E-state index contributed by atoms with van der Waals surface area (Å²) in [6.07, 6.45) is 9.18. The van der Waals surface area contributed by atoms with Crippen molar-refractivity contribution in [2.75, 3.05) is 0 Å². The van der Waals surface area contributed by atoms with Crippen LogP contribution >= 0.6 is 0 Å². The van der Waals surface area contributed by atoms with Crippen LogP contribution in [0, 0.1) is 12.3 Å². The minimum absolute atomic E-state index is 0.0554. The van der Waals surface area contributed by atoms with E-state index < -0.39 is 0 Å². The number of phenols is 1. The van der Waals surface area contributed by atoms with E-state index in [4.69, 9.17) is 4.74 Å². The lowest BCUT2D eigenvalue weighted by Crippen LogP contribution is -2.61. The molecule has 0 amide bonds. The van der Waals surface area contributed by atoms with Crippen molar-refractivity contribution in [1.82, 2.24) is 0 Å². The van der Waals surface area contributed by atoms with Crippen LogP contribution in [0.4, 0.5) is 0 Å². The molecule has 1 heterocycles. The number of phenolic OH excluding ortho intramolecular Hbond substituents is 1. The fourth-order valence-electron chi connectivity index (χ4n) is 5.30. The largest absolute Gasteiger partial charge is 0.507 e. The highest BCUT2D eigenvalue weighted by Crippen LogP contribution is 2.64. The van der Waals surface area contributed by atoms with Crippen LogP contribution in [0.2, 0.25) is 0 Å². The average molecular weight is 357 g/mol. The Labute approximate surface area is 159 Å². The summed E-state index contributed by atoms with van der Waals surface area (Å²) in [7, 11) is 0. The van der Waals surface area contributed by atoms with Gasteiger partial charge in [-0.1, -0.05) is 45.3 Å². The van der Waals surface area contributed by atoms with E-state index in [1.807, 2.05) is 0 Å². The van der Waals surface area contributed by atoms with Crippen molar-refractivity contribution in [2.45, 2.75) is 98.0 Å². The molecule has 2 atom stereocenters. The molecule has 1 aromatic rings. The summed E-state index contributed by atoms with van der Waals surface area (Å²) >= 11 is 0. The topological polar surface area (TPSA) is 29.5 Å². The minimum Gasteiger partial charge on any atom is -0.507 e. The molecular weight excluding hydrogens is 320 g/mol. The third kappa shape index (κ3) is 2.60. The standard InChI is InChI=1S/C24H36O2/c1-8-9-10-11-18-14-19-20(21(25)17(18)3)23(6)15-16(2)12-13-24(23,7)22(4,5)26-19/h14-15,25H,8-13H2,1-7H3/t23-,24-/m0/s1. The van der Waals surface area contributed by atoms with Crippen molar-refractivity contribution < 1.29 is 9.84 Å². The number of allylic oxidation sites excluding steroid dienone is 2. The molecule has 0 unspecified atom stereocenters. The Kier molecular flexibility index (Phi) is 4.70. The summed E-state index contributed by atoms with van der Waals surface area (Å²) in [6.45, 7) is 15.6. The maximum absolute atomic E-state index is 11.2. The first-order valence-electron chi connectivity index (χ1n) is 10.3. The molecule has 26 heavy (non-hydrogen) atoms. The monoisotopic (exact) mass is 356 g/mol. The summed E-state index contributed by atoms with van der Waals surface area (Å²) in [5.41, 5.74) is 4.11. The fourth-order valence-corrected chi connectivity index (χ4v) is 5.30. The third-order valence-electron chi connectivity index (χ3n) is 7.59. The number of unbranched alkanes of at least 4 members (excludes halogenated alkanes) is 2. The molecule has 144 valence electrons. The molecule has 1 aliphatic carbocycles. The Balaban J connectivity index is 2.20. The summed E-state index contributed by atoms with van der Waals surface area (Å²) in [4.78, 5) is 0. The number of ether oxygens (including phenoxy) is 1. The highest BCUT2D eigenvalue weighted by atomic mass is 16.5. The van der Waals surface area contributed by atoms with Crippen LogP contribution < -0.4 is 4.74 Å². The van der Waals surface area contributed by atoms with Gasteiger partial charge in [0.25, 0.3) is 0 Å². The highest BCUT2D eigenvalue weighted by Gasteiger charge is 2.60. The van der Waals surface area contributed by atoms with Gasteiger partial charge in [-0.25, -0.2) is 0 Å². The molecule has 2 heteroatoms. The number of aromatic hydroxyl groups is 1. The molecular formula is C24H36O2. The van der Waals surface area contributed by atoms with Gasteiger partial charge in [-0.05, 0) is 70.6 Å². The molecule has 3 rings (SSSR count). The van der Waals surface area contributed by atoms with Crippen molar-refractivity contribution in [3.63, 3.8) is 0 Å². The molecule has 2 nitrogen and oxygen atoms in total. The van der Waals surface area contributed by atoms with E-state index in [2.05, 4.69) is 60.6 Å². The van der Waals surface area contributed by atoms with E-state index in [9.17, 15) is 5.11 Å². The Morgan fingerprint density at radius 1 is 1.12 bits per heavy atom. The molecule has 2 aliphatic rings. The minimum atomic E-state index is -0.283. The van der Waals surface area contributed by atoms with E-state index >= 15 is 0 Å². The Hall–Kier alpha value is -1.44. The van der Waals surface area contributed by atoms with Crippen LogP contribution in [0.25, 0.3) is 0 Å². The van der Waals surface area contributed by atoms with Crippen LogP contribution in [0.1, 0.15) is 90.3 Å². The second kappa shape index (κ2) is 6.32. The summed E-state index contributed by atoms with van der Waals surface area (Å²) in [5.74, 6) is 1.33. The van der Waals surface area contributed by atoms with Crippen LogP contribution in [0.15, 0.2) is 17.7 Å². The van der Waals surface area contributed by atoms with Gasteiger partial charge in [-0.15, -0.1) is 0 Å². The van der Waals surface area contributed by atoms with Crippen molar-refractivity contribution in [2.24, 2.45) is 5.41 Å². The zero-order valence-electron chi connectivity index (χ0n) is 17.8. The first-order valence-corrected chi connectivity index (χ1v) is 10.3. The van der Waals surface area contributed by atoms with Crippen molar-refractivity contribution in [1.29, 1.82) is 0 Å². The van der Waals surface area contributed by atoms with Gasteiger partial charge in [0.05, 0.1) is 0 Å². The van der Waals surface area contributed by atoms with Gasteiger partial charge in [-0.2, -0.15) is 0 Å². The predicted molar refractivity (Wildman–Crippen MR) is 109 cm³/mol. The molecule has 0 spiro atoms. The molecule has 1 aliphatic heterocycles. The number of hydrogen-bond donors (Lipinski definition) is 1. The maximum atomic E-state index is 11.2. The number of rotatable bonds is 4. The highest BCUT2D eigenvalue weighted by molar-refractivity contribution is 5.61. The quantitative estimate of drug-likeness (QED) is 0.486. The fraction of sp³-hybridized carbons (Fsp3) is 0.667. The van der Waals surface area contributed by atoms with Gasteiger partial charge in [0, 0.05) is 16.4 Å². The second-order valence-corrected chi connectivity index (χ2v) is 9.48. The summed E-state index contributed by atoms with van der Waals surface area (Å²) < 4.78 is 6.59. The average Bonchev–Trinajstić information content (AvgIpc) is 2.54. The third-order valence-corrected chi connectivity index (χ3v) is 7.59. The summed E-state index contributed by atoms with van der Waals surface area (Å²) in [6, 6.07) is 2.21. The molecule has 0 radical (unpaired) electrons. The smallest absolute Gasteiger partial charge is 0.128 e. The van der Waals surface area contributed by atoms with Gasteiger partial charge in [-0.3, -0.25) is 0 Å². The van der Waals surface area contributed by atoms with Crippen LogP contribution in [0.3, 0.4) is 0 Å². The molecule has 0 saturated carbocycles. The van der Waals surface area contributed by atoms with Crippen molar-refractivity contribution in [3.05, 3.63) is 34.4 Å². The van der Waals surface area contributed by atoms with E-state index in [0.717, 1.165) is 42.6 Å². The Bertz CT molecular complexity index is 743. The second-order valence-electron chi connectivity index (χ2n) is 9.48. The van der Waals surface area contributed by atoms with Crippen LogP contribution in [-0.4, -0.2) is 10.7 Å². The SMILES string of the molecule is CCCCCc1cc2c(c(O)c1C)[C@]1(C)C=C(C)CC[C@@]1(C)C(C)(C)O2. The maximum Gasteiger partial charge on any atom is 0.128 e.